The molecule has 16 heavy (non-hydrogen) atoms. The van der Waals surface area contributed by atoms with Gasteiger partial charge in [0, 0.05) is 11.1 Å². The number of carboxylic acid groups (broad SMARTS) is 1. The summed E-state index contributed by atoms with van der Waals surface area (Å²) in [6, 6.07) is 4.79. The Hall–Kier alpha value is -1.48. The van der Waals surface area contributed by atoms with Gasteiger partial charge in [-0.3, -0.25) is 0 Å². The van der Waals surface area contributed by atoms with Crippen molar-refractivity contribution in [3.05, 3.63) is 41.4 Å². The van der Waals surface area contributed by atoms with E-state index in [1.54, 1.807) is 18.2 Å². The van der Waals surface area contributed by atoms with Crippen LogP contribution in [0.5, 0.6) is 0 Å². The van der Waals surface area contributed by atoms with Crippen LogP contribution < -0.4 is 5.32 Å². The topological polar surface area (TPSA) is 49.3 Å². The highest BCUT2D eigenvalue weighted by molar-refractivity contribution is 6.31. The molecule has 0 aliphatic rings. The molecule has 86 valence electrons. The maximum Gasteiger partial charge on any atom is 0.337 e. The molecule has 0 bridgehead atoms. The lowest BCUT2D eigenvalue weighted by atomic mass is 10.1. The second kappa shape index (κ2) is 5.56. The van der Waals surface area contributed by atoms with Crippen LogP contribution in [0, 0.1) is 0 Å². The highest BCUT2D eigenvalue weighted by atomic mass is 35.5. The number of carboxylic acids is 1. The Balaban J connectivity index is 2.96. The number of nitrogens with one attached hydrogen (secondary N) is 1. The van der Waals surface area contributed by atoms with Gasteiger partial charge in [-0.05, 0) is 31.5 Å². The third-order valence-corrected chi connectivity index (χ3v) is 2.37. The molecule has 3 nitrogen and oxygen atoms in total. The summed E-state index contributed by atoms with van der Waals surface area (Å²) in [5.74, 6) is -0.968. The minimum atomic E-state index is -0.968. The van der Waals surface area contributed by atoms with Crippen LogP contribution in [0.3, 0.4) is 0 Å². The summed E-state index contributed by atoms with van der Waals surface area (Å²) in [6.07, 6.45) is 2.54. The Labute approximate surface area is 99.7 Å². The number of hydrogen-bond acceptors (Lipinski definition) is 2. The second-order valence-corrected chi connectivity index (χ2v) is 4.00. The first-order chi connectivity index (χ1) is 7.54. The quantitative estimate of drug-likeness (QED) is 0.774. The van der Waals surface area contributed by atoms with Gasteiger partial charge in [0.25, 0.3) is 0 Å². The van der Waals surface area contributed by atoms with Gasteiger partial charge >= 0.3 is 5.97 Å². The Bertz CT molecular complexity index is 404. The minimum absolute atomic E-state index is 0.120. The standard InChI is InChI=1S/C12H14ClNO2/c1-3-4-8(2)14-11-7-9(13)5-6-10(11)12(15)16/h3,5-8,14H,1,4H2,2H3,(H,15,16). The number of rotatable bonds is 5. The Morgan fingerprint density at radius 3 is 2.94 bits per heavy atom. The Kier molecular flexibility index (Phi) is 4.38. The highest BCUT2D eigenvalue weighted by Gasteiger charge is 2.11. The molecule has 0 spiro atoms. The van der Waals surface area contributed by atoms with Crippen LogP contribution in [0.4, 0.5) is 5.69 Å². The van der Waals surface area contributed by atoms with Crippen LogP contribution in [0.25, 0.3) is 0 Å². The van der Waals surface area contributed by atoms with Crippen LogP contribution >= 0.6 is 11.6 Å². The van der Waals surface area contributed by atoms with Gasteiger partial charge in [-0.2, -0.15) is 0 Å². The average molecular weight is 240 g/mol. The highest BCUT2D eigenvalue weighted by Crippen LogP contribution is 2.22. The summed E-state index contributed by atoms with van der Waals surface area (Å²) in [6.45, 7) is 5.59. The SMILES string of the molecule is C=CCC(C)Nc1cc(Cl)ccc1C(=O)O. The number of carbonyl (C=O) groups is 1. The first kappa shape index (κ1) is 12.6. The zero-order valence-corrected chi connectivity index (χ0v) is 9.79. The van der Waals surface area contributed by atoms with Gasteiger partial charge in [-0.15, -0.1) is 6.58 Å². The van der Waals surface area contributed by atoms with E-state index in [0.717, 1.165) is 6.42 Å². The van der Waals surface area contributed by atoms with E-state index in [1.165, 1.54) is 6.07 Å². The second-order valence-electron chi connectivity index (χ2n) is 3.56. The van der Waals surface area contributed by atoms with E-state index in [9.17, 15) is 4.79 Å². The van der Waals surface area contributed by atoms with Crippen molar-refractivity contribution in [2.24, 2.45) is 0 Å². The minimum Gasteiger partial charge on any atom is -0.478 e. The van der Waals surface area contributed by atoms with Crippen molar-refractivity contribution in [3.63, 3.8) is 0 Å². The fraction of sp³-hybridized carbons (Fsp3) is 0.250. The van der Waals surface area contributed by atoms with Gasteiger partial charge in [0.05, 0.1) is 11.3 Å². The predicted molar refractivity (Wildman–Crippen MR) is 66.3 cm³/mol. The van der Waals surface area contributed by atoms with Gasteiger partial charge in [0.2, 0.25) is 0 Å². The Morgan fingerprint density at radius 2 is 2.38 bits per heavy atom. The average Bonchev–Trinajstić information content (AvgIpc) is 2.17. The summed E-state index contributed by atoms with van der Waals surface area (Å²) in [4.78, 5) is 11.0. The molecule has 1 unspecified atom stereocenters. The van der Waals surface area contributed by atoms with E-state index in [0.29, 0.717) is 10.7 Å². The van der Waals surface area contributed by atoms with Gasteiger partial charge < -0.3 is 10.4 Å². The Morgan fingerprint density at radius 1 is 1.69 bits per heavy atom. The molecule has 0 aliphatic heterocycles. The first-order valence-corrected chi connectivity index (χ1v) is 5.32. The maximum atomic E-state index is 11.0. The molecular weight excluding hydrogens is 226 g/mol. The molecule has 2 N–H and O–H groups in total. The molecule has 0 heterocycles. The normalized spacial score (nSPS) is 11.9. The lowest BCUT2D eigenvalue weighted by Crippen LogP contribution is -2.16. The van der Waals surface area contributed by atoms with E-state index in [-0.39, 0.29) is 11.6 Å². The van der Waals surface area contributed by atoms with Crippen molar-refractivity contribution < 1.29 is 9.90 Å². The molecule has 0 saturated heterocycles. The van der Waals surface area contributed by atoms with E-state index < -0.39 is 5.97 Å². The van der Waals surface area contributed by atoms with Gasteiger partial charge in [-0.1, -0.05) is 17.7 Å². The maximum absolute atomic E-state index is 11.0. The van der Waals surface area contributed by atoms with Crippen molar-refractivity contribution in [2.75, 3.05) is 5.32 Å². The van der Waals surface area contributed by atoms with Gasteiger partial charge in [-0.25, -0.2) is 4.79 Å². The summed E-state index contributed by atoms with van der Waals surface area (Å²) < 4.78 is 0. The van der Waals surface area contributed by atoms with Gasteiger partial charge in [0.15, 0.2) is 0 Å². The van der Waals surface area contributed by atoms with Crippen molar-refractivity contribution in [2.45, 2.75) is 19.4 Å². The number of benzene rings is 1. The third kappa shape index (κ3) is 3.28. The lowest BCUT2D eigenvalue weighted by Gasteiger charge is -2.15. The van der Waals surface area contributed by atoms with Crippen LogP contribution in [0.2, 0.25) is 5.02 Å². The van der Waals surface area contributed by atoms with Crippen LogP contribution in [0.1, 0.15) is 23.7 Å². The molecule has 4 heteroatoms. The number of anilines is 1. The monoisotopic (exact) mass is 239 g/mol. The molecule has 0 aliphatic carbocycles. The van der Waals surface area contributed by atoms with E-state index in [1.807, 2.05) is 6.92 Å². The van der Waals surface area contributed by atoms with Crippen molar-refractivity contribution in [3.8, 4) is 0 Å². The number of hydrogen-bond donors (Lipinski definition) is 2. The number of halogens is 1. The molecule has 0 radical (unpaired) electrons. The van der Waals surface area contributed by atoms with Crippen LogP contribution in [-0.2, 0) is 0 Å². The summed E-state index contributed by atoms with van der Waals surface area (Å²) in [7, 11) is 0. The van der Waals surface area contributed by atoms with Crippen LogP contribution in [-0.4, -0.2) is 17.1 Å². The van der Waals surface area contributed by atoms with E-state index >= 15 is 0 Å². The third-order valence-electron chi connectivity index (χ3n) is 2.13. The molecule has 0 fully saturated rings. The number of aromatic carboxylic acids is 1. The molecule has 1 rings (SSSR count). The zero-order chi connectivity index (χ0) is 12.1. The summed E-state index contributed by atoms with van der Waals surface area (Å²) in [5.41, 5.74) is 0.759. The first-order valence-electron chi connectivity index (χ1n) is 4.95. The van der Waals surface area contributed by atoms with E-state index in [4.69, 9.17) is 16.7 Å². The zero-order valence-electron chi connectivity index (χ0n) is 9.03. The molecule has 0 saturated carbocycles. The fourth-order valence-electron chi connectivity index (χ4n) is 1.40. The fourth-order valence-corrected chi connectivity index (χ4v) is 1.57. The van der Waals surface area contributed by atoms with Crippen molar-refractivity contribution in [1.29, 1.82) is 0 Å². The molecule has 0 amide bonds. The predicted octanol–water partition coefficient (Wildman–Crippen LogP) is 3.41. The van der Waals surface area contributed by atoms with Crippen molar-refractivity contribution in [1.82, 2.24) is 0 Å². The largest absolute Gasteiger partial charge is 0.478 e. The molecule has 1 aromatic rings. The molecule has 1 aromatic carbocycles. The smallest absolute Gasteiger partial charge is 0.337 e. The lowest BCUT2D eigenvalue weighted by molar-refractivity contribution is 0.0698. The van der Waals surface area contributed by atoms with Gasteiger partial charge in [0.1, 0.15) is 0 Å². The molecule has 1 atom stereocenters. The summed E-state index contributed by atoms with van der Waals surface area (Å²) in [5, 5.41) is 12.6. The van der Waals surface area contributed by atoms with E-state index in [2.05, 4.69) is 11.9 Å². The summed E-state index contributed by atoms with van der Waals surface area (Å²) >= 11 is 5.83. The molecular formula is C12H14ClNO2. The van der Waals surface area contributed by atoms with Crippen LogP contribution in [0.15, 0.2) is 30.9 Å². The molecule has 0 aromatic heterocycles. The van der Waals surface area contributed by atoms with Crippen molar-refractivity contribution >= 4 is 23.3 Å².